The van der Waals surface area contributed by atoms with Crippen molar-refractivity contribution in [2.45, 2.75) is 26.4 Å². The molecule has 0 saturated carbocycles. The Balaban J connectivity index is 2.42. The Morgan fingerprint density at radius 1 is 1.03 bits per heavy atom. The van der Waals surface area contributed by atoms with Crippen LogP contribution in [0.3, 0.4) is 0 Å². The van der Waals surface area contributed by atoms with Crippen molar-refractivity contribution in [1.29, 1.82) is 0 Å². The summed E-state index contributed by atoms with van der Waals surface area (Å²) in [6, 6.07) is 8.71. The van der Waals surface area contributed by atoms with Gasteiger partial charge in [-0.3, -0.25) is 13.9 Å². The van der Waals surface area contributed by atoms with Gasteiger partial charge in [-0.05, 0) is 49.2 Å². The summed E-state index contributed by atoms with van der Waals surface area (Å²) >= 11 is 18.2. The van der Waals surface area contributed by atoms with Gasteiger partial charge in [0.05, 0.1) is 22.0 Å². The number of rotatable bonds is 8. The van der Waals surface area contributed by atoms with Gasteiger partial charge in [0.25, 0.3) is 0 Å². The van der Waals surface area contributed by atoms with Crippen LogP contribution in [0.15, 0.2) is 36.4 Å². The molecule has 0 spiro atoms. The summed E-state index contributed by atoms with van der Waals surface area (Å²) in [7, 11) is -2.37. The molecule has 174 valence electrons. The highest BCUT2D eigenvalue weighted by molar-refractivity contribution is 7.92. The molecule has 11 heteroatoms. The summed E-state index contributed by atoms with van der Waals surface area (Å²) in [5.74, 6) is -0.975. The topological polar surface area (TPSA) is 86.8 Å². The second-order valence-electron chi connectivity index (χ2n) is 7.26. The molecular formula is C21H24Cl3N3O4S. The maximum Gasteiger partial charge on any atom is 0.244 e. The number of anilines is 1. The van der Waals surface area contributed by atoms with Gasteiger partial charge in [-0.15, -0.1) is 0 Å². The number of amides is 2. The average molecular weight is 521 g/mol. The predicted molar refractivity (Wildman–Crippen MR) is 129 cm³/mol. The Kier molecular flexibility index (Phi) is 8.82. The van der Waals surface area contributed by atoms with Gasteiger partial charge in [0, 0.05) is 18.6 Å². The summed E-state index contributed by atoms with van der Waals surface area (Å²) in [6.07, 6.45) is 1.000. The SMILES string of the molecule is CNC(=O)[C@@H](C)N(Cc1ccc(Cl)c(Cl)c1)C(=O)CN(c1ccc(C)c(Cl)c1)S(C)(=O)=O. The lowest BCUT2D eigenvalue weighted by molar-refractivity contribution is -0.139. The number of benzene rings is 2. The number of halogens is 3. The smallest absolute Gasteiger partial charge is 0.244 e. The van der Waals surface area contributed by atoms with E-state index in [1.165, 1.54) is 18.0 Å². The van der Waals surface area contributed by atoms with Crippen molar-refractivity contribution in [3.05, 3.63) is 62.6 Å². The molecule has 0 radical (unpaired) electrons. The van der Waals surface area contributed by atoms with Crippen LogP contribution in [0.1, 0.15) is 18.1 Å². The van der Waals surface area contributed by atoms with Gasteiger partial charge < -0.3 is 10.2 Å². The van der Waals surface area contributed by atoms with Gasteiger partial charge >= 0.3 is 0 Å². The van der Waals surface area contributed by atoms with Crippen molar-refractivity contribution in [2.24, 2.45) is 0 Å². The molecule has 0 aliphatic heterocycles. The zero-order valence-electron chi connectivity index (χ0n) is 18.0. The maximum atomic E-state index is 13.3. The van der Waals surface area contributed by atoms with E-state index in [4.69, 9.17) is 34.8 Å². The molecule has 2 aromatic carbocycles. The minimum Gasteiger partial charge on any atom is -0.357 e. The van der Waals surface area contributed by atoms with Crippen LogP contribution >= 0.6 is 34.8 Å². The number of likely N-dealkylation sites (N-methyl/N-ethyl adjacent to an activating group) is 1. The third-order valence-electron chi connectivity index (χ3n) is 4.87. The van der Waals surface area contributed by atoms with E-state index >= 15 is 0 Å². The second-order valence-corrected chi connectivity index (χ2v) is 10.4. The quantitative estimate of drug-likeness (QED) is 0.572. The molecule has 0 unspecified atom stereocenters. The number of nitrogens with one attached hydrogen (secondary N) is 1. The molecule has 2 aromatic rings. The van der Waals surface area contributed by atoms with Crippen LogP contribution in [-0.2, 0) is 26.2 Å². The van der Waals surface area contributed by atoms with E-state index in [1.54, 1.807) is 44.2 Å². The first kappa shape index (κ1) is 26.3. The van der Waals surface area contributed by atoms with Crippen LogP contribution in [0, 0.1) is 6.92 Å². The van der Waals surface area contributed by atoms with Crippen LogP contribution < -0.4 is 9.62 Å². The zero-order chi connectivity index (χ0) is 24.2. The van der Waals surface area contributed by atoms with E-state index in [9.17, 15) is 18.0 Å². The highest BCUT2D eigenvalue weighted by atomic mass is 35.5. The van der Waals surface area contributed by atoms with Crippen molar-refractivity contribution in [2.75, 3.05) is 24.2 Å². The predicted octanol–water partition coefficient (Wildman–Crippen LogP) is 3.88. The van der Waals surface area contributed by atoms with Crippen molar-refractivity contribution in [1.82, 2.24) is 10.2 Å². The summed E-state index contributed by atoms with van der Waals surface area (Å²) in [4.78, 5) is 26.9. The Labute approximate surface area is 203 Å². The molecule has 1 atom stereocenters. The minimum atomic E-state index is -3.82. The van der Waals surface area contributed by atoms with Crippen molar-refractivity contribution < 1.29 is 18.0 Å². The number of aryl methyl sites for hydroxylation is 1. The fourth-order valence-corrected chi connectivity index (χ4v) is 4.31. The third kappa shape index (κ3) is 6.51. The average Bonchev–Trinajstić information content (AvgIpc) is 2.72. The Bertz CT molecular complexity index is 1130. The minimum absolute atomic E-state index is 0.0244. The molecule has 1 N–H and O–H groups in total. The summed E-state index contributed by atoms with van der Waals surface area (Å²) in [5, 5.41) is 3.53. The molecule has 0 saturated heterocycles. The third-order valence-corrected chi connectivity index (χ3v) is 7.16. The Morgan fingerprint density at radius 3 is 2.22 bits per heavy atom. The Morgan fingerprint density at radius 2 is 1.69 bits per heavy atom. The molecule has 2 rings (SSSR count). The Hall–Kier alpha value is -2.00. The standard InChI is InChI=1S/C21H24Cl3N3O4S/c1-13-5-7-16(10-18(13)23)27(32(4,30)31)12-20(28)26(14(2)21(29)25-3)11-15-6-8-17(22)19(24)9-15/h5-10,14H,11-12H2,1-4H3,(H,25,29)/t14-/m1/s1. The van der Waals surface area contributed by atoms with E-state index in [1.807, 2.05) is 0 Å². The lowest BCUT2D eigenvalue weighted by Gasteiger charge is -2.31. The van der Waals surface area contributed by atoms with E-state index < -0.39 is 34.4 Å². The van der Waals surface area contributed by atoms with Crippen LogP contribution in [0.5, 0.6) is 0 Å². The van der Waals surface area contributed by atoms with E-state index in [0.29, 0.717) is 20.6 Å². The number of sulfonamides is 1. The molecule has 0 aliphatic carbocycles. The molecular weight excluding hydrogens is 497 g/mol. The second kappa shape index (κ2) is 10.7. The zero-order valence-corrected chi connectivity index (χ0v) is 21.1. The van der Waals surface area contributed by atoms with Crippen LogP contribution in [-0.4, -0.2) is 51.0 Å². The summed E-state index contributed by atoms with van der Waals surface area (Å²) in [5.41, 5.74) is 1.65. The van der Waals surface area contributed by atoms with Gasteiger partial charge in [-0.1, -0.05) is 46.9 Å². The molecule has 0 fully saturated rings. The van der Waals surface area contributed by atoms with Crippen molar-refractivity contribution in [3.63, 3.8) is 0 Å². The number of carbonyl (C=O) groups is 2. The largest absolute Gasteiger partial charge is 0.357 e. The first-order valence-corrected chi connectivity index (χ1v) is 12.5. The van der Waals surface area contributed by atoms with Crippen molar-refractivity contribution >= 4 is 62.3 Å². The van der Waals surface area contributed by atoms with E-state index in [-0.39, 0.29) is 12.2 Å². The normalized spacial score (nSPS) is 12.2. The molecule has 0 bridgehead atoms. The summed E-state index contributed by atoms with van der Waals surface area (Å²) in [6.45, 7) is 2.85. The first-order valence-electron chi connectivity index (χ1n) is 9.54. The highest BCUT2D eigenvalue weighted by Crippen LogP contribution is 2.26. The van der Waals surface area contributed by atoms with Crippen LogP contribution in [0.2, 0.25) is 15.1 Å². The molecule has 0 aromatic heterocycles. The number of carbonyl (C=O) groups excluding carboxylic acids is 2. The number of hydrogen-bond donors (Lipinski definition) is 1. The first-order chi connectivity index (χ1) is 14.8. The maximum absolute atomic E-state index is 13.3. The lowest BCUT2D eigenvalue weighted by Crippen LogP contribution is -2.50. The molecule has 0 heterocycles. The van der Waals surface area contributed by atoms with Crippen LogP contribution in [0.25, 0.3) is 0 Å². The van der Waals surface area contributed by atoms with E-state index in [2.05, 4.69) is 5.32 Å². The van der Waals surface area contributed by atoms with Crippen molar-refractivity contribution in [3.8, 4) is 0 Å². The van der Waals surface area contributed by atoms with Gasteiger partial charge in [-0.2, -0.15) is 0 Å². The van der Waals surface area contributed by atoms with Gasteiger partial charge in [0.15, 0.2) is 0 Å². The fourth-order valence-electron chi connectivity index (χ4n) is 2.98. The van der Waals surface area contributed by atoms with Gasteiger partial charge in [-0.25, -0.2) is 8.42 Å². The molecule has 32 heavy (non-hydrogen) atoms. The van der Waals surface area contributed by atoms with Gasteiger partial charge in [0.2, 0.25) is 21.8 Å². The number of hydrogen-bond acceptors (Lipinski definition) is 4. The summed E-state index contributed by atoms with van der Waals surface area (Å²) < 4.78 is 25.9. The van der Waals surface area contributed by atoms with E-state index in [0.717, 1.165) is 16.1 Å². The van der Waals surface area contributed by atoms with Gasteiger partial charge in [0.1, 0.15) is 12.6 Å². The fraction of sp³-hybridized carbons (Fsp3) is 0.333. The van der Waals surface area contributed by atoms with Crippen LogP contribution in [0.4, 0.5) is 5.69 Å². The lowest BCUT2D eigenvalue weighted by atomic mass is 10.1. The molecule has 2 amide bonds. The molecule has 7 nitrogen and oxygen atoms in total. The highest BCUT2D eigenvalue weighted by Gasteiger charge is 2.30. The number of nitrogens with zero attached hydrogens (tertiary/aromatic N) is 2. The monoisotopic (exact) mass is 519 g/mol. The molecule has 0 aliphatic rings.